The van der Waals surface area contributed by atoms with Gasteiger partial charge in [0, 0.05) is 0 Å². The van der Waals surface area contributed by atoms with Crippen LogP contribution in [0, 0.1) is 6.92 Å². The molecule has 0 saturated heterocycles. The molecule has 0 nitrogen and oxygen atoms in total. The van der Waals surface area contributed by atoms with Gasteiger partial charge in [-0.1, -0.05) is 107 Å². The van der Waals surface area contributed by atoms with Crippen LogP contribution in [0.4, 0.5) is 0 Å². The SMILES string of the molecule is C=C/C=C(C)\C=C/CB(C1=CC=C(C)CC=C1)c1ccc(C)cc1. The topological polar surface area (TPSA) is 0 Å². The first-order valence-corrected chi connectivity index (χ1v) is 8.66. The third-order valence-electron chi connectivity index (χ3n) is 4.33. The van der Waals surface area contributed by atoms with Crippen molar-refractivity contribution in [2.24, 2.45) is 0 Å². The van der Waals surface area contributed by atoms with E-state index in [0.29, 0.717) is 6.71 Å². The van der Waals surface area contributed by atoms with Gasteiger partial charge in [-0.15, -0.1) is 0 Å². The Morgan fingerprint density at radius 3 is 2.62 bits per heavy atom. The zero-order valence-corrected chi connectivity index (χ0v) is 15.1. The summed E-state index contributed by atoms with van der Waals surface area (Å²) in [6.45, 7) is 10.6. The molecule has 0 radical (unpaired) electrons. The van der Waals surface area contributed by atoms with E-state index >= 15 is 0 Å². The lowest BCUT2D eigenvalue weighted by molar-refractivity contribution is 1.22. The maximum atomic E-state index is 3.76. The largest absolute Gasteiger partial charge is 0.213 e. The van der Waals surface area contributed by atoms with Gasteiger partial charge in [0.2, 0.25) is 6.71 Å². The minimum atomic E-state index is 0.386. The van der Waals surface area contributed by atoms with E-state index in [-0.39, 0.29) is 0 Å². The van der Waals surface area contributed by atoms with Gasteiger partial charge in [-0.2, -0.15) is 0 Å². The van der Waals surface area contributed by atoms with Gasteiger partial charge in [-0.05, 0) is 33.5 Å². The van der Waals surface area contributed by atoms with Crippen LogP contribution in [0.25, 0.3) is 0 Å². The molecular weight excluding hydrogens is 287 g/mol. The van der Waals surface area contributed by atoms with Crippen LogP contribution < -0.4 is 5.46 Å². The van der Waals surface area contributed by atoms with E-state index in [2.05, 4.69) is 88.1 Å². The average molecular weight is 314 g/mol. The van der Waals surface area contributed by atoms with Gasteiger partial charge in [0.25, 0.3) is 0 Å². The van der Waals surface area contributed by atoms with Gasteiger partial charge in [0.1, 0.15) is 0 Å². The number of rotatable bonds is 6. The van der Waals surface area contributed by atoms with Crippen molar-refractivity contribution >= 4 is 12.2 Å². The molecule has 1 aromatic carbocycles. The van der Waals surface area contributed by atoms with Crippen LogP contribution in [-0.4, -0.2) is 6.71 Å². The first-order valence-electron chi connectivity index (χ1n) is 8.66. The molecule has 24 heavy (non-hydrogen) atoms. The summed E-state index contributed by atoms with van der Waals surface area (Å²) < 4.78 is 0. The fourth-order valence-electron chi connectivity index (χ4n) is 2.87. The number of benzene rings is 1. The van der Waals surface area contributed by atoms with Gasteiger partial charge < -0.3 is 0 Å². The second-order valence-electron chi connectivity index (χ2n) is 6.53. The molecule has 1 aromatic rings. The lowest BCUT2D eigenvalue weighted by Gasteiger charge is -2.14. The molecule has 0 atom stereocenters. The van der Waals surface area contributed by atoms with Gasteiger partial charge >= 0.3 is 0 Å². The monoisotopic (exact) mass is 314 g/mol. The molecule has 0 saturated carbocycles. The van der Waals surface area contributed by atoms with E-state index in [9.17, 15) is 0 Å². The quantitative estimate of drug-likeness (QED) is 0.463. The van der Waals surface area contributed by atoms with Gasteiger partial charge in [0.15, 0.2) is 0 Å². The predicted octanol–water partition coefficient (Wildman–Crippen LogP) is 5.76. The van der Waals surface area contributed by atoms with E-state index in [0.717, 1.165) is 12.7 Å². The minimum Gasteiger partial charge on any atom is -0.0991 e. The Morgan fingerprint density at radius 1 is 1.17 bits per heavy atom. The van der Waals surface area contributed by atoms with Crippen LogP contribution in [0.15, 0.2) is 96.1 Å². The smallest absolute Gasteiger partial charge is 0.0991 e. The Morgan fingerprint density at radius 2 is 1.92 bits per heavy atom. The molecule has 1 heteroatoms. The summed E-state index contributed by atoms with van der Waals surface area (Å²) in [7, 11) is 0. The van der Waals surface area contributed by atoms with Crippen molar-refractivity contribution in [3.63, 3.8) is 0 Å². The molecule has 1 aliphatic rings. The first kappa shape index (κ1) is 18.1. The normalized spacial score (nSPS) is 15.0. The fraction of sp³-hybridized carbons (Fsp3) is 0.217. The number of aryl methyl sites for hydroxylation is 1. The molecule has 1 aliphatic carbocycles. The highest BCUT2D eigenvalue weighted by atomic mass is 14.0. The van der Waals surface area contributed by atoms with Crippen molar-refractivity contribution in [3.8, 4) is 0 Å². The molecule has 122 valence electrons. The van der Waals surface area contributed by atoms with Gasteiger partial charge in [0.05, 0.1) is 0 Å². The maximum Gasteiger partial charge on any atom is 0.213 e. The van der Waals surface area contributed by atoms with Crippen molar-refractivity contribution in [1.82, 2.24) is 0 Å². The summed E-state index contributed by atoms with van der Waals surface area (Å²) in [5, 5.41) is 0. The van der Waals surface area contributed by atoms with Gasteiger partial charge in [-0.25, -0.2) is 0 Å². The lowest BCUT2D eigenvalue weighted by Crippen LogP contribution is -2.31. The number of hydrogen-bond acceptors (Lipinski definition) is 0. The molecule has 2 rings (SSSR count). The lowest BCUT2D eigenvalue weighted by atomic mass is 9.38. The van der Waals surface area contributed by atoms with E-state index in [1.54, 1.807) is 0 Å². The zero-order chi connectivity index (χ0) is 17.4. The third-order valence-corrected chi connectivity index (χ3v) is 4.33. The van der Waals surface area contributed by atoms with E-state index in [1.165, 1.54) is 27.6 Å². The molecule has 0 fully saturated rings. The van der Waals surface area contributed by atoms with Crippen molar-refractivity contribution in [3.05, 3.63) is 102 Å². The molecule has 0 heterocycles. The summed E-state index contributed by atoms with van der Waals surface area (Å²) in [4.78, 5) is 0. The second kappa shape index (κ2) is 9.13. The Balaban J connectivity index is 2.29. The number of hydrogen-bond donors (Lipinski definition) is 0. The molecule has 0 N–H and O–H groups in total. The van der Waals surface area contributed by atoms with Crippen molar-refractivity contribution in [1.29, 1.82) is 0 Å². The Hall–Kier alpha value is -2.28. The summed E-state index contributed by atoms with van der Waals surface area (Å²) in [6.07, 6.45) is 19.5. The van der Waals surface area contributed by atoms with Crippen molar-refractivity contribution in [2.75, 3.05) is 0 Å². The Labute approximate surface area is 147 Å². The summed E-state index contributed by atoms with van der Waals surface area (Å²) >= 11 is 0. The standard InChI is InChI=1S/C23H27B/c1-5-8-19(2)10-7-18-24(23-16-13-21(4)14-17-23)22-11-6-9-20(3)12-15-22/h5-8,10-17H,1,9,18H2,2-4H3/b10-7-,19-8-. The Kier molecular flexibility index (Phi) is 6.87. The van der Waals surface area contributed by atoms with E-state index < -0.39 is 0 Å². The minimum absolute atomic E-state index is 0.386. The van der Waals surface area contributed by atoms with Crippen LogP contribution in [0.5, 0.6) is 0 Å². The molecule has 0 bridgehead atoms. The van der Waals surface area contributed by atoms with Crippen molar-refractivity contribution in [2.45, 2.75) is 33.5 Å². The molecule has 0 spiro atoms. The Bertz CT molecular complexity index is 709. The number of allylic oxidation sites excluding steroid dienone is 11. The highest BCUT2D eigenvalue weighted by molar-refractivity contribution is 6.80. The predicted molar refractivity (Wildman–Crippen MR) is 110 cm³/mol. The van der Waals surface area contributed by atoms with Gasteiger partial charge in [-0.3, -0.25) is 0 Å². The molecule has 0 aliphatic heterocycles. The van der Waals surface area contributed by atoms with Crippen LogP contribution in [0.2, 0.25) is 6.32 Å². The third kappa shape index (κ3) is 5.42. The summed E-state index contributed by atoms with van der Waals surface area (Å²) in [6, 6.07) is 8.93. The summed E-state index contributed by atoms with van der Waals surface area (Å²) in [5.74, 6) is 0. The zero-order valence-electron chi connectivity index (χ0n) is 15.1. The maximum absolute atomic E-state index is 3.76. The van der Waals surface area contributed by atoms with Crippen LogP contribution in [0.3, 0.4) is 0 Å². The van der Waals surface area contributed by atoms with Crippen LogP contribution in [-0.2, 0) is 0 Å². The second-order valence-corrected chi connectivity index (χ2v) is 6.53. The highest BCUT2D eigenvalue weighted by Gasteiger charge is 2.18. The van der Waals surface area contributed by atoms with Crippen LogP contribution >= 0.6 is 0 Å². The molecular formula is C23H27B. The fourth-order valence-corrected chi connectivity index (χ4v) is 2.87. The van der Waals surface area contributed by atoms with Crippen molar-refractivity contribution < 1.29 is 0 Å². The average Bonchev–Trinajstić information content (AvgIpc) is 2.78. The molecule has 0 aromatic heterocycles. The first-order chi connectivity index (χ1) is 11.6. The van der Waals surface area contributed by atoms with E-state index in [1.807, 2.05) is 12.2 Å². The molecule has 0 amide bonds. The highest BCUT2D eigenvalue weighted by Crippen LogP contribution is 2.16. The van der Waals surface area contributed by atoms with Crippen LogP contribution in [0.1, 0.15) is 25.8 Å². The summed E-state index contributed by atoms with van der Waals surface area (Å²) in [5.41, 5.74) is 6.70. The van der Waals surface area contributed by atoms with E-state index in [4.69, 9.17) is 0 Å². The molecule has 0 unspecified atom stereocenters.